The highest BCUT2D eigenvalue weighted by atomic mass is 19.1. The lowest BCUT2D eigenvalue weighted by atomic mass is 10.2. The summed E-state index contributed by atoms with van der Waals surface area (Å²) in [5.41, 5.74) is 1.50. The van der Waals surface area contributed by atoms with Crippen LogP contribution in [0.1, 0.15) is 18.9 Å². The lowest BCUT2D eigenvalue weighted by molar-refractivity contribution is 0.474. The van der Waals surface area contributed by atoms with E-state index >= 15 is 0 Å². The highest BCUT2D eigenvalue weighted by Gasteiger charge is 2.03. The number of aryl methyl sites for hydroxylation is 1. The van der Waals surface area contributed by atoms with Gasteiger partial charge in [0.05, 0.1) is 18.1 Å². The SMILES string of the molecule is CCCNc1cncc(Oc2ccc(C)c(F)c2)c1. The van der Waals surface area contributed by atoms with Crippen molar-refractivity contribution in [2.24, 2.45) is 0 Å². The van der Waals surface area contributed by atoms with Crippen LogP contribution in [0.15, 0.2) is 36.7 Å². The van der Waals surface area contributed by atoms with Gasteiger partial charge in [-0.1, -0.05) is 13.0 Å². The number of rotatable bonds is 5. The number of anilines is 1. The molecule has 0 saturated carbocycles. The normalized spacial score (nSPS) is 10.3. The van der Waals surface area contributed by atoms with Crippen LogP contribution in [0.5, 0.6) is 11.5 Å². The van der Waals surface area contributed by atoms with E-state index in [0.717, 1.165) is 18.7 Å². The predicted molar refractivity (Wildman–Crippen MR) is 74.2 cm³/mol. The minimum Gasteiger partial charge on any atom is -0.456 e. The Morgan fingerprint density at radius 1 is 1.21 bits per heavy atom. The van der Waals surface area contributed by atoms with Crippen molar-refractivity contribution in [3.8, 4) is 11.5 Å². The first kappa shape index (κ1) is 13.3. The van der Waals surface area contributed by atoms with Crippen LogP contribution in [0.3, 0.4) is 0 Å². The molecule has 0 amide bonds. The van der Waals surface area contributed by atoms with Gasteiger partial charge in [-0.2, -0.15) is 0 Å². The van der Waals surface area contributed by atoms with Gasteiger partial charge in [-0.15, -0.1) is 0 Å². The number of benzene rings is 1. The van der Waals surface area contributed by atoms with Crippen molar-refractivity contribution >= 4 is 5.69 Å². The monoisotopic (exact) mass is 260 g/mol. The van der Waals surface area contributed by atoms with Crippen molar-refractivity contribution in [1.82, 2.24) is 4.98 Å². The molecule has 0 aliphatic carbocycles. The molecule has 0 unspecified atom stereocenters. The molecule has 1 N–H and O–H groups in total. The molecule has 1 heterocycles. The van der Waals surface area contributed by atoms with Crippen molar-refractivity contribution in [2.75, 3.05) is 11.9 Å². The smallest absolute Gasteiger partial charge is 0.147 e. The second kappa shape index (κ2) is 6.18. The van der Waals surface area contributed by atoms with Gasteiger partial charge in [-0.05, 0) is 25.0 Å². The Bertz CT molecular complexity index is 558. The number of halogens is 1. The summed E-state index contributed by atoms with van der Waals surface area (Å²) in [6.45, 7) is 4.69. The molecule has 3 nitrogen and oxygen atoms in total. The average Bonchev–Trinajstić information content (AvgIpc) is 2.41. The van der Waals surface area contributed by atoms with Crippen molar-refractivity contribution in [2.45, 2.75) is 20.3 Å². The third-order valence-corrected chi connectivity index (χ3v) is 2.67. The molecule has 1 aromatic carbocycles. The Morgan fingerprint density at radius 3 is 2.79 bits per heavy atom. The fraction of sp³-hybridized carbons (Fsp3) is 0.267. The molecule has 2 aromatic rings. The third kappa shape index (κ3) is 3.68. The molecule has 4 heteroatoms. The molecule has 0 aliphatic rings. The maximum absolute atomic E-state index is 13.4. The number of hydrogen-bond acceptors (Lipinski definition) is 3. The van der Waals surface area contributed by atoms with E-state index in [1.54, 1.807) is 31.5 Å². The number of nitrogens with one attached hydrogen (secondary N) is 1. The van der Waals surface area contributed by atoms with E-state index in [-0.39, 0.29) is 5.82 Å². The summed E-state index contributed by atoms with van der Waals surface area (Å²) in [5, 5.41) is 3.22. The van der Waals surface area contributed by atoms with Crippen LogP contribution < -0.4 is 10.1 Å². The van der Waals surface area contributed by atoms with Gasteiger partial charge in [0.2, 0.25) is 0 Å². The van der Waals surface area contributed by atoms with E-state index in [9.17, 15) is 4.39 Å². The molecule has 0 fully saturated rings. The zero-order chi connectivity index (χ0) is 13.7. The first-order valence-electron chi connectivity index (χ1n) is 6.32. The molecule has 0 saturated heterocycles. The van der Waals surface area contributed by atoms with Gasteiger partial charge in [-0.25, -0.2) is 4.39 Å². The molecule has 100 valence electrons. The van der Waals surface area contributed by atoms with E-state index in [0.29, 0.717) is 17.1 Å². The molecule has 0 aliphatic heterocycles. The van der Waals surface area contributed by atoms with Crippen LogP contribution in [-0.4, -0.2) is 11.5 Å². The fourth-order valence-corrected chi connectivity index (χ4v) is 1.61. The predicted octanol–water partition coefficient (Wildman–Crippen LogP) is 4.14. The van der Waals surface area contributed by atoms with E-state index in [1.165, 1.54) is 6.07 Å². The first-order valence-corrected chi connectivity index (χ1v) is 6.32. The summed E-state index contributed by atoms with van der Waals surface area (Å²) >= 11 is 0. The number of nitrogens with zero attached hydrogens (tertiary/aromatic N) is 1. The Morgan fingerprint density at radius 2 is 2.05 bits per heavy atom. The minimum atomic E-state index is -0.272. The molecule has 1 aromatic heterocycles. The summed E-state index contributed by atoms with van der Waals surface area (Å²) in [6.07, 6.45) is 4.38. The zero-order valence-corrected chi connectivity index (χ0v) is 11.1. The van der Waals surface area contributed by atoms with Gasteiger partial charge < -0.3 is 10.1 Å². The highest BCUT2D eigenvalue weighted by Crippen LogP contribution is 2.24. The van der Waals surface area contributed by atoms with Crippen molar-refractivity contribution < 1.29 is 9.13 Å². The van der Waals surface area contributed by atoms with E-state index in [2.05, 4.69) is 17.2 Å². The summed E-state index contributed by atoms with van der Waals surface area (Å²) in [5.74, 6) is 0.785. The summed E-state index contributed by atoms with van der Waals surface area (Å²) in [6, 6.07) is 6.66. The number of ether oxygens (including phenoxy) is 1. The molecule has 19 heavy (non-hydrogen) atoms. The van der Waals surface area contributed by atoms with Gasteiger partial charge in [-0.3, -0.25) is 4.98 Å². The van der Waals surface area contributed by atoms with Crippen LogP contribution in [0.4, 0.5) is 10.1 Å². The van der Waals surface area contributed by atoms with Gasteiger partial charge in [0.25, 0.3) is 0 Å². The number of pyridine rings is 1. The maximum Gasteiger partial charge on any atom is 0.147 e. The Hall–Kier alpha value is -2.10. The summed E-state index contributed by atoms with van der Waals surface area (Å²) < 4.78 is 19.0. The molecular weight excluding hydrogens is 243 g/mol. The van der Waals surface area contributed by atoms with Crippen LogP contribution in [0.2, 0.25) is 0 Å². The zero-order valence-electron chi connectivity index (χ0n) is 11.1. The fourth-order valence-electron chi connectivity index (χ4n) is 1.61. The lowest BCUT2D eigenvalue weighted by Crippen LogP contribution is -2.00. The van der Waals surface area contributed by atoms with Gasteiger partial charge in [0, 0.05) is 18.7 Å². The average molecular weight is 260 g/mol. The third-order valence-electron chi connectivity index (χ3n) is 2.67. The lowest BCUT2D eigenvalue weighted by Gasteiger charge is -2.09. The first-order chi connectivity index (χ1) is 9.19. The van der Waals surface area contributed by atoms with Crippen LogP contribution in [-0.2, 0) is 0 Å². The standard InChI is InChI=1S/C15H17FN2O/c1-3-6-18-12-7-14(10-17-9-12)19-13-5-4-11(2)15(16)8-13/h4-5,7-10,18H,3,6H2,1-2H3. The van der Waals surface area contributed by atoms with Crippen LogP contribution in [0, 0.1) is 12.7 Å². The molecule has 0 radical (unpaired) electrons. The van der Waals surface area contributed by atoms with Crippen molar-refractivity contribution in [3.05, 3.63) is 48.0 Å². The number of aromatic nitrogens is 1. The quantitative estimate of drug-likeness (QED) is 0.877. The molecule has 0 atom stereocenters. The minimum absolute atomic E-state index is 0.272. The number of hydrogen-bond donors (Lipinski definition) is 1. The second-order valence-electron chi connectivity index (χ2n) is 4.35. The molecule has 0 bridgehead atoms. The Labute approximate surface area is 112 Å². The topological polar surface area (TPSA) is 34.2 Å². The summed E-state index contributed by atoms with van der Waals surface area (Å²) in [7, 11) is 0. The Kier molecular flexibility index (Phi) is 4.34. The maximum atomic E-state index is 13.4. The van der Waals surface area contributed by atoms with Gasteiger partial charge in [0.1, 0.15) is 17.3 Å². The van der Waals surface area contributed by atoms with Crippen molar-refractivity contribution in [1.29, 1.82) is 0 Å². The van der Waals surface area contributed by atoms with Crippen molar-refractivity contribution in [3.63, 3.8) is 0 Å². The largest absolute Gasteiger partial charge is 0.456 e. The molecule has 2 rings (SSSR count). The van der Waals surface area contributed by atoms with Gasteiger partial charge in [0.15, 0.2) is 0 Å². The van der Waals surface area contributed by atoms with Gasteiger partial charge >= 0.3 is 0 Å². The van der Waals surface area contributed by atoms with Crippen LogP contribution >= 0.6 is 0 Å². The molecular formula is C15H17FN2O. The Balaban J connectivity index is 2.11. The van der Waals surface area contributed by atoms with E-state index in [1.807, 2.05) is 6.07 Å². The highest BCUT2D eigenvalue weighted by molar-refractivity contribution is 5.46. The van der Waals surface area contributed by atoms with Crippen LogP contribution in [0.25, 0.3) is 0 Å². The van der Waals surface area contributed by atoms with E-state index in [4.69, 9.17) is 4.74 Å². The summed E-state index contributed by atoms with van der Waals surface area (Å²) in [4.78, 5) is 4.09. The van der Waals surface area contributed by atoms with E-state index < -0.39 is 0 Å². The molecule has 0 spiro atoms. The second-order valence-corrected chi connectivity index (χ2v) is 4.35.